The molecule has 432 valence electrons. The molecule has 0 saturated carbocycles. The second kappa shape index (κ2) is 61.0. The monoisotopic (exact) mass is 1020 g/mol. The van der Waals surface area contributed by atoms with Crippen LogP contribution >= 0.6 is 0 Å². The van der Waals surface area contributed by atoms with Crippen LogP contribution in [0.3, 0.4) is 0 Å². The summed E-state index contributed by atoms with van der Waals surface area (Å²) in [6.45, 7) is 11.8. The van der Waals surface area contributed by atoms with E-state index in [1.54, 1.807) is 0 Å². The maximum atomic E-state index is 12.9. The Bertz CT molecular complexity index is 912. The van der Waals surface area contributed by atoms with Crippen molar-refractivity contribution in [2.75, 3.05) is 73.5 Å². The quantitative estimate of drug-likeness (QED) is 0.0444. The van der Waals surface area contributed by atoms with E-state index in [0.29, 0.717) is 46.2 Å². The Labute approximate surface area is 452 Å². The number of hydrogen-bond donors (Lipinski definition) is 0. The summed E-state index contributed by atoms with van der Waals surface area (Å²) in [6.07, 6.45) is 65.4. The molecule has 0 N–H and O–H groups in total. The lowest BCUT2D eigenvalue weighted by molar-refractivity contribution is -0.101. The lowest BCUT2D eigenvalue weighted by Crippen LogP contribution is -2.42. The van der Waals surface area contributed by atoms with Crippen molar-refractivity contribution >= 4 is 6.16 Å². The fraction of sp³-hybridized carbons (Fsp3) is 0.985. The van der Waals surface area contributed by atoms with E-state index in [4.69, 9.17) is 23.7 Å². The minimum Gasteiger partial charge on any atom is -0.434 e. The molecular weight excluding hydrogens is 891 g/mol. The molecule has 72 heavy (non-hydrogen) atoms. The molecule has 7 nitrogen and oxygen atoms in total. The fourth-order valence-electron chi connectivity index (χ4n) is 10.2. The minimum atomic E-state index is -0.605. The molecule has 0 fully saturated rings. The van der Waals surface area contributed by atoms with Gasteiger partial charge in [0.15, 0.2) is 0 Å². The van der Waals surface area contributed by atoms with Gasteiger partial charge in [0.05, 0.1) is 31.8 Å². The number of ether oxygens (including phenoxy) is 5. The number of carbonyl (C=O) groups is 1. The first-order valence-corrected chi connectivity index (χ1v) is 32.7. The Hall–Kier alpha value is -0.890. The molecule has 0 atom stereocenters. The maximum absolute atomic E-state index is 12.9. The van der Waals surface area contributed by atoms with Gasteiger partial charge in [-0.25, -0.2) is 4.79 Å². The van der Waals surface area contributed by atoms with Crippen LogP contribution in [0.4, 0.5) is 4.79 Å². The third kappa shape index (κ3) is 56.8. The molecule has 0 spiro atoms. The van der Waals surface area contributed by atoms with Crippen molar-refractivity contribution in [1.82, 2.24) is 4.90 Å². The third-order valence-electron chi connectivity index (χ3n) is 15.1. The van der Waals surface area contributed by atoms with Crippen LogP contribution in [0.25, 0.3) is 0 Å². The number of carbonyl (C=O) groups excluding carboxylic acids is 1. The zero-order chi connectivity index (χ0) is 52.2. The van der Waals surface area contributed by atoms with Crippen LogP contribution in [-0.2, 0) is 23.7 Å². The Morgan fingerprint density at radius 1 is 0.278 bits per heavy atom. The highest BCUT2D eigenvalue weighted by molar-refractivity contribution is 5.59. The van der Waals surface area contributed by atoms with Crippen LogP contribution in [0.2, 0.25) is 0 Å². The van der Waals surface area contributed by atoms with E-state index in [0.717, 1.165) is 32.2 Å². The smallest absolute Gasteiger partial charge is 0.434 e. The number of rotatable bonds is 63. The third-order valence-corrected chi connectivity index (χ3v) is 15.1. The second-order valence-corrected chi connectivity index (χ2v) is 23.1. The number of nitrogens with zero attached hydrogens (tertiary/aromatic N) is 1. The van der Waals surface area contributed by atoms with Gasteiger partial charge in [0.1, 0.15) is 6.61 Å². The van der Waals surface area contributed by atoms with Crippen LogP contribution in [-0.4, -0.2) is 84.6 Å². The van der Waals surface area contributed by atoms with Gasteiger partial charge >= 0.3 is 6.16 Å². The minimum absolute atomic E-state index is 0.177. The Kier molecular flexibility index (Phi) is 60.2. The molecule has 0 aliphatic heterocycles. The van der Waals surface area contributed by atoms with Gasteiger partial charge in [0, 0.05) is 26.4 Å². The summed E-state index contributed by atoms with van der Waals surface area (Å²) in [5.41, 5.74) is -0.568. The summed E-state index contributed by atoms with van der Waals surface area (Å²) < 4.78 is 30.7. The van der Waals surface area contributed by atoms with Crippen LogP contribution in [0.1, 0.15) is 335 Å². The van der Waals surface area contributed by atoms with E-state index in [1.165, 1.54) is 289 Å². The lowest BCUT2D eigenvalue weighted by Gasteiger charge is -2.32. The van der Waals surface area contributed by atoms with Gasteiger partial charge in [-0.2, -0.15) is 0 Å². The molecule has 0 aromatic carbocycles. The van der Waals surface area contributed by atoms with Crippen molar-refractivity contribution in [2.45, 2.75) is 335 Å². The molecule has 0 heterocycles. The van der Waals surface area contributed by atoms with E-state index in [-0.39, 0.29) is 6.61 Å². The van der Waals surface area contributed by atoms with Crippen LogP contribution in [0.15, 0.2) is 0 Å². The summed E-state index contributed by atoms with van der Waals surface area (Å²) in [6, 6.07) is 0. The van der Waals surface area contributed by atoms with Crippen molar-refractivity contribution in [3.8, 4) is 0 Å². The zero-order valence-electron chi connectivity index (χ0n) is 49.9. The molecule has 0 rings (SSSR count). The largest absolute Gasteiger partial charge is 0.508 e. The van der Waals surface area contributed by atoms with Crippen molar-refractivity contribution in [1.29, 1.82) is 0 Å². The number of hydrogen-bond acceptors (Lipinski definition) is 7. The van der Waals surface area contributed by atoms with Gasteiger partial charge < -0.3 is 28.6 Å². The van der Waals surface area contributed by atoms with Crippen LogP contribution < -0.4 is 0 Å². The van der Waals surface area contributed by atoms with E-state index < -0.39 is 11.6 Å². The van der Waals surface area contributed by atoms with E-state index in [2.05, 4.69) is 25.7 Å². The Balaban J connectivity index is 4.88. The highest BCUT2D eigenvalue weighted by Crippen LogP contribution is 2.24. The molecule has 0 aromatic heterocycles. The summed E-state index contributed by atoms with van der Waals surface area (Å²) in [5.74, 6) is 0. The second-order valence-electron chi connectivity index (χ2n) is 23.1. The molecule has 7 heteroatoms. The molecule has 0 amide bonds. The Morgan fingerprint density at radius 2 is 0.500 bits per heavy atom. The molecule has 0 radical (unpaired) electrons. The topological polar surface area (TPSA) is 66.5 Å². The molecule has 0 aliphatic carbocycles. The van der Waals surface area contributed by atoms with E-state index in [1.807, 2.05) is 14.1 Å². The molecule has 0 saturated heterocycles. The summed E-state index contributed by atoms with van der Waals surface area (Å²) >= 11 is 0. The normalized spacial score (nSPS) is 11.9. The first-order chi connectivity index (χ1) is 35.5. The van der Waals surface area contributed by atoms with Gasteiger partial charge in [-0.05, 0) is 39.8 Å². The molecular formula is C65H131NO6. The van der Waals surface area contributed by atoms with Gasteiger partial charge in [0.2, 0.25) is 0 Å². The molecule has 0 bridgehead atoms. The van der Waals surface area contributed by atoms with Gasteiger partial charge in [-0.1, -0.05) is 310 Å². The average molecular weight is 1020 g/mol. The first-order valence-electron chi connectivity index (χ1n) is 32.7. The van der Waals surface area contributed by atoms with Crippen molar-refractivity contribution < 1.29 is 28.5 Å². The van der Waals surface area contributed by atoms with E-state index >= 15 is 0 Å². The van der Waals surface area contributed by atoms with Gasteiger partial charge in [0.25, 0.3) is 0 Å². The van der Waals surface area contributed by atoms with E-state index in [9.17, 15) is 4.79 Å². The summed E-state index contributed by atoms with van der Waals surface area (Å²) in [4.78, 5) is 15.0. The van der Waals surface area contributed by atoms with Crippen molar-refractivity contribution in [3.05, 3.63) is 0 Å². The molecule has 0 unspecified atom stereocenters. The van der Waals surface area contributed by atoms with Gasteiger partial charge in [-0.15, -0.1) is 0 Å². The Morgan fingerprint density at radius 3 is 0.722 bits per heavy atom. The average Bonchev–Trinajstić information content (AvgIpc) is 3.38. The predicted octanol–water partition coefficient (Wildman–Crippen LogP) is 20.9. The molecule has 0 aromatic rings. The fourth-order valence-corrected chi connectivity index (χ4v) is 10.2. The number of unbranched alkanes of at least 4 members (excludes halogenated alkanes) is 45. The highest BCUT2D eigenvalue weighted by Gasteiger charge is 2.34. The molecule has 0 aliphatic rings. The summed E-state index contributed by atoms with van der Waals surface area (Å²) in [7, 11) is 4.07. The predicted molar refractivity (Wildman–Crippen MR) is 314 cm³/mol. The van der Waals surface area contributed by atoms with Crippen molar-refractivity contribution in [3.63, 3.8) is 0 Å². The lowest BCUT2D eigenvalue weighted by atomic mass is 9.92. The van der Waals surface area contributed by atoms with Crippen LogP contribution in [0.5, 0.6) is 0 Å². The van der Waals surface area contributed by atoms with Crippen molar-refractivity contribution in [2.24, 2.45) is 5.41 Å². The summed E-state index contributed by atoms with van der Waals surface area (Å²) in [5, 5.41) is 0. The zero-order valence-corrected chi connectivity index (χ0v) is 49.9. The standard InChI is InChI=1S/C65H131NO6/c1-6-9-12-15-18-21-24-27-30-33-36-39-42-45-48-51-56-68-60-65(63-72-64(67)71-59-54-55-66(4)5,61-69-57-52-49-46-43-40-37-34-31-28-25-22-19-16-13-10-7-2)62-70-58-53-50-47-44-41-38-35-32-29-26-23-20-17-14-11-8-3/h6-63H2,1-5H3. The SMILES string of the molecule is CCCCCCCCCCCCCCCCCCOCC(COCCCCCCCCCCCCCCCCCC)(COCCCCCCCCCCCCCCCCCC)COC(=O)OCCCN(C)C. The highest BCUT2D eigenvalue weighted by atomic mass is 16.7. The maximum Gasteiger partial charge on any atom is 0.508 e. The first kappa shape index (κ1) is 71.1. The van der Waals surface area contributed by atoms with Gasteiger partial charge in [-0.3, -0.25) is 0 Å². The van der Waals surface area contributed by atoms with Crippen LogP contribution in [0, 0.1) is 5.41 Å².